The molecule has 258 valence electrons. The summed E-state index contributed by atoms with van der Waals surface area (Å²) < 4.78 is 14.2. The Morgan fingerprint density at radius 2 is 1.25 bits per heavy atom. The van der Waals surface area contributed by atoms with Crippen LogP contribution in [0, 0.1) is 0 Å². The third kappa shape index (κ3) is 17.0. The van der Waals surface area contributed by atoms with Crippen LogP contribution in [0.15, 0.2) is 24.3 Å². The van der Waals surface area contributed by atoms with Crippen LogP contribution >= 0.6 is 0 Å². The molecule has 0 aromatic carbocycles. The predicted molar refractivity (Wildman–Crippen MR) is 179 cm³/mol. The van der Waals surface area contributed by atoms with E-state index in [2.05, 4.69) is 65.8 Å². The van der Waals surface area contributed by atoms with E-state index in [1.54, 1.807) is 13.8 Å². The number of nitrogens with one attached hydrogen (secondary N) is 2. The number of hydrogen-bond donors (Lipinski definition) is 4. The zero-order valence-corrected chi connectivity index (χ0v) is 30.1. The summed E-state index contributed by atoms with van der Waals surface area (Å²) in [6.07, 6.45) is 2.05. The van der Waals surface area contributed by atoms with Crippen LogP contribution in [0.2, 0.25) is 0 Å². The van der Waals surface area contributed by atoms with Gasteiger partial charge in [-0.15, -0.1) is 0 Å². The van der Waals surface area contributed by atoms with Gasteiger partial charge in [0.2, 0.25) is 11.8 Å². The van der Waals surface area contributed by atoms with E-state index in [0.29, 0.717) is 59.1 Å². The molecule has 10 nitrogen and oxygen atoms in total. The second-order valence-corrected chi connectivity index (χ2v) is 14.5. The van der Waals surface area contributed by atoms with Gasteiger partial charge in [-0.2, -0.15) is 0 Å². The van der Waals surface area contributed by atoms with E-state index in [-0.39, 0.29) is 24.5 Å². The molecule has 0 aliphatic carbocycles. The fourth-order valence-corrected chi connectivity index (χ4v) is 5.28. The number of hydrogen-bond acceptors (Lipinski definition) is 6. The van der Waals surface area contributed by atoms with Crippen molar-refractivity contribution < 1.29 is 38.2 Å². The zero-order chi connectivity index (χ0) is 34.4. The predicted octanol–water partition coefficient (Wildman–Crippen LogP) is 3.18. The average molecular weight is 629 g/mol. The molecule has 5 unspecified atom stereocenters. The van der Waals surface area contributed by atoms with Crippen molar-refractivity contribution in [2.45, 2.75) is 110 Å². The van der Waals surface area contributed by atoms with Gasteiger partial charge in [0.05, 0.1) is 65.2 Å². The fraction of sp³-hybridized carbons (Fsp3) is 0.824. The second kappa shape index (κ2) is 19.0. The third-order valence-corrected chi connectivity index (χ3v) is 8.68. The van der Waals surface area contributed by atoms with Gasteiger partial charge in [0.15, 0.2) is 0 Å². The van der Waals surface area contributed by atoms with Crippen molar-refractivity contribution in [1.82, 2.24) is 10.6 Å². The molecule has 44 heavy (non-hydrogen) atoms. The molecule has 0 aliphatic rings. The van der Waals surface area contributed by atoms with Gasteiger partial charge in [0.25, 0.3) is 0 Å². The number of carbonyl (C=O) groups is 2. The lowest BCUT2D eigenvalue weighted by atomic mass is 9.91. The summed E-state index contributed by atoms with van der Waals surface area (Å²) in [5, 5.41) is 27.7. The summed E-state index contributed by atoms with van der Waals surface area (Å²) in [6.45, 7) is 25.0. The molecular formula is C34H68N4O6+2. The van der Waals surface area contributed by atoms with Crippen LogP contribution in [-0.2, 0) is 19.1 Å². The van der Waals surface area contributed by atoms with E-state index in [0.717, 1.165) is 32.4 Å². The van der Waals surface area contributed by atoms with Crippen LogP contribution in [0.5, 0.6) is 0 Å². The number of ether oxygens (including phenoxy) is 2. The highest BCUT2D eigenvalue weighted by Crippen LogP contribution is 2.31. The first kappa shape index (κ1) is 42.2. The van der Waals surface area contributed by atoms with Crippen LogP contribution in [0.4, 0.5) is 0 Å². The van der Waals surface area contributed by atoms with Gasteiger partial charge < -0.3 is 39.3 Å². The highest BCUT2D eigenvalue weighted by atomic mass is 16.6. The van der Waals surface area contributed by atoms with Crippen LogP contribution in [-0.4, -0.2) is 135 Å². The summed E-state index contributed by atoms with van der Waals surface area (Å²) >= 11 is 0. The Morgan fingerprint density at radius 1 is 0.818 bits per heavy atom. The molecule has 5 atom stereocenters. The Balaban J connectivity index is 4.95. The number of amides is 2. The summed E-state index contributed by atoms with van der Waals surface area (Å²) in [5.41, 5.74) is -0.168. The van der Waals surface area contributed by atoms with Crippen molar-refractivity contribution in [3.05, 3.63) is 24.3 Å². The molecule has 0 bridgehead atoms. The maximum absolute atomic E-state index is 11.7. The third-order valence-electron chi connectivity index (χ3n) is 8.68. The van der Waals surface area contributed by atoms with E-state index >= 15 is 0 Å². The quantitative estimate of drug-likeness (QED) is 0.0742. The molecule has 0 spiro atoms. The van der Waals surface area contributed by atoms with Crippen molar-refractivity contribution in [3.8, 4) is 0 Å². The van der Waals surface area contributed by atoms with Gasteiger partial charge in [-0.3, -0.25) is 9.59 Å². The molecule has 0 saturated heterocycles. The van der Waals surface area contributed by atoms with Crippen LogP contribution < -0.4 is 10.6 Å². The summed E-state index contributed by atoms with van der Waals surface area (Å²) in [4.78, 5) is 23.4. The number of aliphatic hydroxyl groups excluding tert-OH is 2. The van der Waals surface area contributed by atoms with Crippen molar-refractivity contribution in [3.63, 3.8) is 0 Å². The molecule has 0 aromatic rings. The number of aliphatic hydroxyl groups is 2. The molecule has 0 aromatic heterocycles. The lowest BCUT2D eigenvalue weighted by Crippen LogP contribution is -2.52. The van der Waals surface area contributed by atoms with E-state index < -0.39 is 23.4 Å². The van der Waals surface area contributed by atoms with E-state index in [1.807, 2.05) is 20.8 Å². The number of carbonyl (C=O) groups excluding carboxylic acids is 2. The minimum atomic E-state index is -0.651. The standard InChI is InChI=1S/C34H66N4O6/c1-14-33(8,22-29(39)23-37(10,11)20-16-18-35-31(41)26(3)4)44-28(7)34(9,15-2)43-25-30(40)24-38(12,13)21-17-19-36-32(42)27(5)6/h28-30,39-40H,3,5,14-25H2,1-2,4,6-13H3/p+2. The molecular weight excluding hydrogens is 560 g/mol. The molecule has 10 heteroatoms. The molecule has 4 N–H and O–H groups in total. The first-order valence-electron chi connectivity index (χ1n) is 16.3. The summed E-state index contributed by atoms with van der Waals surface area (Å²) in [7, 11) is 8.30. The van der Waals surface area contributed by atoms with Gasteiger partial charge in [0.1, 0.15) is 25.3 Å². The molecule has 0 rings (SSSR count). The van der Waals surface area contributed by atoms with Gasteiger partial charge in [-0.05, 0) is 47.5 Å². The van der Waals surface area contributed by atoms with Crippen molar-refractivity contribution >= 4 is 11.8 Å². The van der Waals surface area contributed by atoms with Crippen molar-refractivity contribution in [2.75, 3.05) is 74.1 Å². The maximum atomic E-state index is 11.7. The Kier molecular flexibility index (Phi) is 18.2. The van der Waals surface area contributed by atoms with Crippen LogP contribution in [0.25, 0.3) is 0 Å². The fourth-order valence-electron chi connectivity index (χ4n) is 5.28. The molecule has 0 radical (unpaired) electrons. The van der Waals surface area contributed by atoms with Gasteiger partial charge >= 0.3 is 0 Å². The largest absolute Gasteiger partial charge is 0.387 e. The molecule has 0 aliphatic heterocycles. The SMILES string of the molecule is C=C(C)C(=O)NCCC[N+](C)(C)CC(O)COC(C)(CC)C(C)OC(C)(CC)CC(O)C[N+](C)(C)CCCNC(=O)C(=C)C. The number of likely N-dealkylation sites (N-methyl/N-ethyl adjacent to an activating group) is 2. The molecule has 0 saturated carbocycles. The highest BCUT2D eigenvalue weighted by Gasteiger charge is 2.39. The monoisotopic (exact) mass is 629 g/mol. The molecule has 2 amide bonds. The second-order valence-electron chi connectivity index (χ2n) is 14.5. The van der Waals surface area contributed by atoms with E-state index in [1.165, 1.54) is 0 Å². The molecule has 0 heterocycles. The van der Waals surface area contributed by atoms with Gasteiger partial charge in [-0.25, -0.2) is 0 Å². The normalized spacial score (nSPS) is 17.1. The first-order valence-corrected chi connectivity index (χ1v) is 16.3. The Hall–Kier alpha value is -1.82. The van der Waals surface area contributed by atoms with Crippen molar-refractivity contribution in [2.24, 2.45) is 0 Å². The summed E-state index contributed by atoms with van der Waals surface area (Å²) in [6, 6.07) is 0. The number of quaternary nitrogens is 2. The average Bonchev–Trinajstić information content (AvgIpc) is 2.90. The highest BCUT2D eigenvalue weighted by molar-refractivity contribution is 5.92. The Bertz CT molecular complexity index is 923. The lowest BCUT2D eigenvalue weighted by Gasteiger charge is -2.42. The minimum Gasteiger partial charge on any atom is -0.387 e. The van der Waals surface area contributed by atoms with Gasteiger partial charge in [-0.1, -0.05) is 27.0 Å². The van der Waals surface area contributed by atoms with E-state index in [9.17, 15) is 19.8 Å². The minimum absolute atomic E-state index is 0.126. The lowest BCUT2D eigenvalue weighted by molar-refractivity contribution is -0.893. The van der Waals surface area contributed by atoms with Crippen LogP contribution in [0.3, 0.4) is 0 Å². The number of nitrogens with zero attached hydrogens (tertiary/aromatic N) is 2. The van der Waals surface area contributed by atoms with Crippen LogP contribution in [0.1, 0.15) is 80.6 Å². The Morgan fingerprint density at radius 3 is 1.64 bits per heavy atom. The smallest absolute Gasteiger partial charge is 0.246 e. The summed E-state index contributed by atoms with van der Waals surface area (Å²) in [5.74, 6) is -0.257. The number of rotatable bonds is 24. The first-order chi connectivity index (χ1) is 20.1. The zero-order valence-electron chi connectivity index (χ0n) is 30.1. The Labute approximate surface area is 269 Å². The van der Waals surface area contributed by atoms with Crippen molar-refractivity contribution in [1.29, 1.82) is 0 Å². The van der Waals surface area contributed by atoms with Gasteiger partial charge in [0, 0.05) is 43.5 Å². The molecule has 0 fully saturated rings. The van der Waals surface area contributed by atoms with E-state index in [4.69, 9.17) is 9.47 Å². The maximum Gasteiger partial charge on any atom is 0.246 e. The topological polar surface area (TPSA) is 117 Å².